The number of hydrogen-bond donors (Lipinski definition) is 4. The summed E-state index contributed by atoms with van der Waals surface area (Å²) in [5.74, 6) is -0.233. The number of nitrogens with zero attached hydrogens (tertiary/aromatic N) is 1. The monoisotopic (exact) mass is 322 g/mol. The van der Waals surface area contributed by atoms with Crippen LogP contribution in [0.3, 0.4) is 0 Å². The van der Waals surface area contributed by atoms with E-state index in [2.05, 4.69) is 9.89 Å². The summed E-state index contributed by atoms with van der Waals surface area (Å²) in [6, 6.07) is 3.99. The van der Waals surface area contributed by atoms with Crippen molar-refractivity contribution in [3.63, 3.8) is 0 Å². The van der Waals surface area contributed by atoms with Gasteiger partial charge in [0.05, 0.1) is 17.8 Å². The second-order valence-corrected chi connectivity index (χ2v) is 5.20. The predicted molar refractivity (Wildman–Crippen MR) is 72.0 cm³/mol. The van der Waals surface area contributed by atoms with E-state index in [-0.39, 0.29) is 22.1 Å². The van der Waals surface area contributed by atoms with Gasteiger partial charge in [-0.3, -0.25) is 4.72 Å². The van der Waals surface area contributed by atoms with Crippen LogP contribution in [0.1, 0.15) is 5.56 Å². The normalized spacial score (nSPS) is 11.8. The molecule has 0 heterocycles. The minimum Gasteiger partial charge on any atom is -0.452 e. The summed E-state index contributed by atoms with van der Waals surface area (Å²) >= 11 is 5.81. The number of carbonyl (C=O) groups is 1. The number of amidine groups is 1. The molecule has 0 atom stereocenters. The smallest absolute Gasteiger partial charge is 0.422 e. The van der Waals surface area contributed by atoms with E-state index in [1.165, 1.54) is 18.2 Å². The molecule has 0 bridgehead atoms. The quantitative estimate of drug-likeness (QED) is 0.274. The van der Waals surface area contributed by atoms with Crippen LogP contribution in [0.2, 0.25) is 5.02 Å². The molecule has 11 heteroatoms. The number of hydrogen-bond acceptors (Lipinski definition) is 6. The fourth-order valence-corrected chi connectivity index (χ4v) is 2.18. The van der Waals surface area contributed by atoms with Crippen LogP contribution < -0.4 is 15.2 Å². The third kappa shape index (κ3) is 4.17. The maximum absolute atomic E-state index is 11.6. The number of halogens is 1. The summed E-state index contributed by atoms with van der Waals surface area (Å²) in [7, 11) is -3.21. The summed E-state index contributed by atoms with van der Waals surface area (Å²) in [6.07, 6.45) is -1.17. The summed E-state index contributed by atoms with van der Waals surface area (Å²) in [5, 5.41) is 11.4. The number of anilines is 1. The van der Waals surface area contributed by atoms with E-state index in [1.807, 2.05) is 4.72 Å². The molecule has 0 aliphatic heterocycles. The number of ether oxygens (including phenoxy) is 1. The average Bonchev–Trinajstić information content (AvgIpc) is 2.39. The van der Waals surface area contributed by atoms with Crippen molar-refractivity contribution in [3.8, 4) is 0 Å². The van der Waals surface area contributed by atoms with E-state index in [4.69, 9.17) is 22.5 Å². The van der Waals surface area contributed by atoms with Gasteiger partial charge in [0.25, 0.3) is 0 Å². The number of nitrogens with one attached hydrogen (secondary N) is 2. The van der Waals surface area contributed by atoms with E-state index in [0.29, 0.717) is 0 Å². The maximum Gasteiger partial charge on any atom is 0.422 e. The molecule has 110 valence electrons. The molecule has 1 amide bonds. The van der Waals surface area contributed by atoms with Gasteiger partial charge in [-0.1, -0.05) is 16.8 Å². The molecule has 0 aromatic heterocycles. The van der Waals surface area contributed by atoms with Crippen molar-refractivity contribution in [3.05, 3.63) is 28.8 Å². The van der Waals surface area contributed by atoms with Crippen molar-refractivity contribution in [1.82, 2.24) is 4.72 Å². The van der Waals surface area contributed by atoms with E-state index >= 15 is 0 Å². The first-order valence-corrected chi connectivity index (χ1v) is 6.81. The minimum atomic E-state index is -4.22. The Bertz CT molecular complexity index is 646. The molecule has 9 nitrogen and oxygen atoms in total. The average molecular weight is 323 g/mol. The molecule has 0 saturated heterocycles. The highest BCUT2D eigenvalue weighted by Gasteiger charge is 2.16. The lowest BCUT2D eigenvalue weighted by molar-refractivity contribution is 0.177. The standard InChI is InChI=1S/C9H11ClN4O5S/c1-19-9(15)14-20(17,18)13-7-4-5(8(11)12-16)2-3-6(7)10/h2-4,13,16H,1H3,(H2,11,12)(H,14,15). The predicted octanol–water partition coefficient (Wildman–Crippen LogP) is 0.447. The van der Waals surface area contributed by atoms with Crippen molar-refractivity contribution in [2.45, 2.75) is 0 Å². The van der Waals surface area contributed by atoms with Gasteiger partial charge in [-0.15, -0.1) is 0 Å². The molecule has 0 fully saturated rings. The SMILES string of the molecule is COC(=O)NS(=O)(=O)Nc1cc(/C(N)=N/O)ccc1Cl. The Balaban J connectivity index is 3.06. The highest BCUT2D eigenvalue weighted by atomic mass is 35.5. The number of nitrogens with two attached hydrogens (primary N) is 1. The fourth-order valence-electron chi connectivity index (χ4n) is 1.14. The molecule has 5 N–H and O–H groups in total. The van der Waals surface area contributed by atoms with Crippen LogP contribution in [0, 0.1) is 0 Å². The lowest BCUT2D eigenvalue weighted by atomic mass is 10.2. The molecule has 1 rings (SSSR count). The van der Waals surface area contributed by atoms with Gasteiger partial charge < -0.3 is 15.7 Å². The third-order valence-corrected chi connectivity index (χ3v) is 3.27. The van der Waals surface area contributed by atoms with Gasteiger partial charge in [0, 0.05) is 5.56 Å². The van der Waals surface area contributed by atoms with Crippen LogP contribution in [-0.2, 0) is 14.9 Å². The van der Waals surface area contributed by atoms with Crippen molar-refractivity contribution >= 4 is 39.4 Å². The number of carbonyl (C=O) groups excluding carboxylic acids is 1. The zero-order valence-corrected chi connectivity index (χ0v) is 11.7. The van der Waals surface area contributed by atoms with Gasteiger partial charge in [-0.25, -0.2) is 9.52 Å². The Morgan fingerprint density at radius 2 is 2.15 bits per heavy atom. The Morgan fingerprint density at radius 1 is 1.50 bits per heavy atom. The van der Waals surface area contributed by atoms with Crippen molar-refractivity contribution in [1.29, 1.82) is 0 Å². The van der Waals surface area contributed by atoms with Crippen LogP contribution in [0.25, 0.3) is 0 Å². The zero-order chi connectivity index (χ0) is 15.3. The zero-order valence-electron chi connectivity index (χ0n) is 10.1. The minimum absolute atomic E-state index is 0.0507. The van der Waals surface area contributed by atoms with Gasteiger partial charge in [-0.05, 0) is 18.2 Å². The van der Waals surface area contributed by atoms with Crippen molar-refractivity contribution < 1.29 is 23.2 Å². The van der Waals surface area contributed by atoms with E-state index in [0.717, 1.165) is 7.11 Å². The first-order valence-electron chi connectivity index (χ1n) is 4.95. The first kappa shape index (κ1) is 15.9. The van der Waals surface area contributed by atoms with E-state index in [9.17, 15) is 13.2 Å². The number of benzene rings is 1. The van der Waals surface area contributed by atoms with Crippen molar-refractivity contribution in [2.24, 2.45) is 10.9 Å². The molecule has 0 saturated carbocycles. The van der Waals surface area contributed by atoms with Gasteiger partial charge in [-0.2, -0.15) is 8.42 Å². The van der Waals surface area contributed by atoms with Gasteiger partial charge in [0.2, 0.25) is 0 Å². The topological polar surface area (TPSA) is 143 Å². The molecular weight excluding hydrogens is 312 g/mol. The molecule has 20 heavy (non-hydrogen) atoms. The molecule has 1 aromatic carbocycles. The second-order valence-electron chi connectivity index (χ2n) is 3.38. The molecule has 0 spiro atoms. The van der Waals surface area contributed by atoms with Crippen LogP contribution >= 0.6 is 11.6 Å². The Hall–Kier alpha value is -2.20. The summed E-state index contributed by atoms with van der Waals surface area (Å²) in [5.41, 5.74) is 5.54. The third-order valence-electron chi connectivity index (χ3n) is 2.02. The van der Waals surface area contributed by atoms with E-state index in [1.54, 1.807) is 4.72 Å². The lowest BCUT2D eigenvalue weighted by Crippen LogP contribution is -2.35. The van der Waals surface area contributed by atoms with Crippen LogP contribution in [0.4, 0.5) is 10.5 Å². The molecular formula is C9H11ClN4O5S. The van der Waals surface area contributed by atoms with Gasteiger partial charge >= 0.3 is 16.3 Å². The van der Waals surface area contributed by atoms with E-state index < -0.39 is 16.3 Å². The number of amides is 1. The molecule has 1 aromatic rings. The van der Waals surface area contributed by atoms with Crippen LogP contribution in [0.5, 0.6) is 0 Å². The number of rotatable bonds is 4. The Morgan fingerprint density at radius 3 is 2.70 bits per heavy atom. The molecule has 0 unspecified atom stereocenters. The fraction of sp³-hybridized carbons (Fsp3) is 0.111. The highest BCUT2D eigenvalue weighted by molar-refractivity contribution is 7.91. The molecule has 0 radical (unpaired) electrons. The van der Waals surface area contributed by atoms with Gasteiger partial charge in [0.1, 0.15) is 0 Å². The Kier molecular flexibility index (Phi) is 5.00. The summed E-state index contributed by atoms with van der Waals surface area (Å²) in [6.45, 7) is 0. The highest BCUT2D eigenvalue weighted by Crippen LogP contribution is 2.23. The molecule has 0 aliphatic rings. The summed E-state index contributed by atoms with van der Waals surface area (Å²) in [4.78, 5) is 10.9. The van der Waals surface area contributed by atoms with Crippen LogP contribution in [0.15, 0.2) is 23.4 Å². The largest absolute Gasteiger partial charge is 0.452 e. The maximum atomic E-state index is 11.6. The first-order chi connectivity index (χ1) is 9.29. The molecule has 0 aliphatic carbocycles. The number of methoxy groups -OCH3 is 1. The number of oxime groups is 1. The lowest BCUT2D eigenvalue weighted by Gasteiger charge is -2.11. The second kappa shape index (κ2) is 6.30. The summed E-state index contributed by atoms with van der Waals surface area (Å²) < 4.78 is 30.9. The van der Waals surface area contributed by atoms with Crippen molar-refractivity contribution in [2.75, 3.05) is 11.8 Å². The Labute approximate surface area is 119 Å². The van der Waals surface area contributed by atoms with Gasteiger partial charge in [0.15, 0.2) is 5.84 Å². The van der Waals surface area contributed by atoms with Crippen LogP contribution in [-0.4, -0.2) is 32.7 Å².